The molecule has 0 saturated carbocycles. The van der Waals surface area contributed by atoms with Crippen LogP contribution in [0.5, 0.6) is 0 Å². The van der Waals surface area contributed by atoms with Gasteiger partial charge in [-0.1, -0.05) is 26.7 Å². The Morgan fingerprint density at radius 1 is 1.29 bits per heavy atom. The Balaban J connectivity index is 3.86. The maximum atomic E-state index is 11.6. The summed E-state index contributed by atoms with van der Waals surface area (Å²) >= 11 is 0. The van der Waals surface area contributed by atoms with Crippen molar-refractivity contribution in [3.63, 3.8) is 0 Å². The average Bonchev–Trinajstić information content (AvgIpc) is 2.33. The highest BCUT2D eigenvalue weighted by molar-refractivity contribution is 5.76. The molecule has 0 fully saturated rings. The van der Waals surface area contributed by atoms with Gasteiger partial charge in [-0.05, 0) is 31.7 Å². The summed E-state index contributed by atoms with van der Waals surface area (Å²) in [4.78, 5) is 11.6. The van der Waals surface area contributed by atoms with Gasteiger partial charge in [-0.15, -0.1) is 0 Å². The molecule has 0 aromatic carbocycles. The summed E-state index contributed by atoms with van der Waals surface area (Å²) in [6, 6.07) is -0.0957. The van der Waals surface area contributed by atoms with Crippen LogP contribution in [0, 0.1) is 5.92 Å². The summed E-state index contributed by atoms with van der Waals surface area (Å²) in [5.41, 5.74) is 5.56. The Kier molecular flexibility index (Phi) is 10.2. The molecule has 0 aliphatic carbocycles. The largest absolute Gasteiger partial charge is 0.394 e. The minimum absolute atomic E-state index is 0.0173. The van der Waals surface area contributed by atoms with E-state index in [2.05, 4.69) is 12.2 Å². The summed E-state index contributed by atoms with van der Waals surface area (Å²) in [5, 5.41) is 11.8. The van der Waals surface area contributed by atoms with Gasteiger partial charge in [-0.2, -0.15) is 0 Å². The lowest BCUT2D eigenvalue weighted by atomic mass is 9.94. The van der Waals surface area contributed by atoms with Crippen molar-refractivity contribution in [1.82, 2.24) is 5.32 Å². The molecule has 4 heteroatoms. The van der Waals surface area contributed by atoms with E-state index < -0.39 is 0 Å². The van der Waals surface area contributed by atoms with Crippen molar-refractivity contribution in [2.24, 2.45) is 11.7 Å². The molecule has 0 heterocycles. The van der Waals surface area contributed by atoms with Gasteiger partial charge in [0.2, 0.25) is 5.91 Å². The molecule has 0 saturated heterocycles. The van der Waals surface area contributed by atoms with E-state index >= 15 is 0 Å². The van der Waals surface area contributed by atoms with E-state index in [-0.39, 0.29) is 18.6 Å². The second-order valence-corrected chi connectivity index (χ2v) is 4.63. The first-order valence-corrected chi connectivity index (χ1v) is 6.78. The lowest BCUT2D eigenvalue weighted by molar-refractivity contribution is -0.122. The van der Waals surface area contributed by atoms with Crippen molar-refractivity contribution in [3.8, 4) is 0 Å². The number of carbonyl (C=O) groups excluding carboxylic acids is 1. The van der Waals surface area contributed by atoms with Crippen molar-refractivity contribution < 1.29 is 9.90 Å². The van der Waals surface area contributed by atoms with Gasteiger partial charge in [0, 0.05) is 6.42 Å². The van der Waals surface area contributed by atoms with Gasteiger partial charge in [0.15, 0.2) is 0 Å². The second kappa shape index (κ2) is 10.5. The molecule has 2 unspecified atom stereocenters. The van der Waals surface area contributed by atoms with Crippen LogP contribution in [-0.2, 0) is 4.79 Å². The Morgan fingerprint density at radius 3 is 2.47 bits per heavy atom. The number of hydrogen-bond donors (Lipinski definition) is 3. The standard InChI is InChI=1S/C13H28N2O2/c1-3-5-11(8-9-14)6-7-13(17)15-12(4-2)10-16/h11-12,16H,3-10,14H2,1-2H3,(H,15,17). The summed E-state index contributed by atoms with van der Waals surface area (Å²) in [6.45, 7) is 4.82. The molecule has 1 amide bonds. The number of rotatable bonds is 10. The van der Waals surface area contributed by atoms with E-state index in [0.717, 1.165) is 32.1 Å². The Labute approximate surface area is 105 Å². The van der Waals surface area contributed by atoms with Gasteiger partial charge in [0.1, 0.15) is 0 Å². The first-order chi connectivity index (χ1) is 8.17. The fraction of sp³-hybridized carbons (Fsp3) is 0.923. The Hall–Kier alpha value is -0.610. The number of aliphatic hydroxyl groups is 1. The molecule has 4 nitrogen and oxygen atoms in total. The predicted octanol–water partition coefficient (Wildman–Crippen LogP) is 1.42. The van der Waals surface area contributed by atoms with Crippen molar-refractivity contribution in [2.45, 2.75) is 58.4 Å². The number of nitrogens with two attached hydrogens (primary N) is 1. The minimum atomic E-state index is -0.0957. The van der Waals surface area contributed by atoms with E-state index in [0.29, 0.717) is 18.9 Å². The van der Waals surface area contributed by atoms with Gasteiger partial charge in [-0.25, -0.2) is 0 Å². The van der Waals surface area contributed by atoms with E-state index in [1.807, 2.05) is 6.92 Å². The zero-order valence-corrected chi connectivity index (χ0v) is 11.2. The lowest BCUT2D eigenvalue weighted by Gasteiger charge is -2.17. The number of amides is 1. The number of aliphatic hydroxyl groups excluding tert-OH is 1. The van der Waals surface area contributed by atoms with Crippen LogP contribution in [0.15, 0.2) is 0 Å². The maximum Gasteiger partial charge on any atom is 0.220 e. The lowest BCUT2D eigenvalue weighted by Crippen LogP contribution is -2.37. The molecule has 0 radical (unpaired) electrons. The van der Waals surface area contributed by atoms with Crippen molar-refractivity contribution in [3.05, 3.63) is 0 Å². The van der Waals surface area contributed by atoms with Crippen molar-refractivity contribution >= 4 is 5.91 Å². The molecule has 2 atom stereocenters. The van der Waals surface area contributed by atoms with Crippen molar-refractivity contribution in [1.29, 1.82) is 0 Å². The normalized spacial score (nSPS) is 14.4. The fourth-order valence-electron chi connectivity index (χ4n) is 1.99. The van der Waals surface area contributed by atoms with Gasteiger partial charge in [0.05, 0.1) is 12.6 Å². The number of carbonyl (C=O) groups is 1. The third kappa shape index (κ3) is 8.16. The van der Waals surface area contributed by atoms with E-state index in [9.17, 15) is 4.79 Å². The smallest absolute Gasteiger partial charge is 0.220 e. The molecule has 17 heavy (non-hydrogen) atoms. The monoisotopic (exact) mass is 244 g/mol. The molecule has 0 bridgehead atoms. The summed E-state index contributed by atoms with van der Waals surface area (Å²) in [7, 11) is 0. The zero-order valence-electron chi connectivity index (χ0n) is 11.2. The average molecular weight is 244 g/mol. The molecular formula is C13H28N2O2. The van der Waals surface area contributed by atoms with Crippen LogP contribution in [-0.4, -0.2) is 30.2 Å². The molecule has 0 aliphatic rings. The summed E-state index contributed by atoms with van der Waals surface area (Å²) in [6.07, 6.45) is 5.49. The van der Waals surface area contributed by atoms with Crippen LogP contribution in [0.1, 0.15) is 52.4 Å². The molecule has 0 aliphatic heterocycles. The fourth-order valence-corrected chi connectivity index (χ4v) is 1.99. The van der Waals surface area contributed by atoms with Crippen LogP contribution in [0.3, 0.4) is 0 Å². The maximum absolute atomic E-state index is 11.6. The first kappa shape index (κ1) is 16.4. The van der Waals surface area contributed by atoms with E-state index in [4.69, 9.17) is 10.8 Å². The molecular weight excluding hydrogens is 216 g/mol. The first-order valence-electron chi connectivity index (χ1n) is 6.78. The van der Waals surface area contributed by atoms with Gasteiger partial charge < -0.3 is 16.2 Å². The highest BCUT2D eigenvalue weighted by Crippen LogP contribution is 2.16. The highest BCUT2D eigenvalue weighted by Gasteiger charge is 2.12. The van der Waals surface area contributed by atoms with Gasteiger partial charge >= 0.3 is 0 Å². The summed E-state index contributed by atoms with van der Waals surface area (Å²) < 4.78 is 0. The third-order valence-corrected chi connectivity index (χ3v) is 3.13. The quantitative estimate of drug-likeness (QED) is 0.544. The molecule has 0 spiro atoms. The number of hydrogen-bond acceptors (Lipinski definition) is 3. The van der Waals surface area contributed by atoms with E-state index in [1.54, 1.807) is 0 Å². The van der Waals surface area contributed by atoms with Crippen LogP contribution in [0.4, 0.5) is 0 Å². The van der Waals surface area contributed by atoms with E-state index in [1.165, 1.54) is 0 Å². The predicted molar refractivity (Wildman–Crippen MR) is 70.6 cm³/mol. The molecule has 0 aromatic rings. The van der Waals surface area contributed by atoms with Gasteiger partial charge in [-0.3, -0.25) is 4.79 Å². The summed E-state index contributed by atoms with van der Waals surface area (Å²) in [5.74, 6) is 0.606. The second-order valence-electron chi connectivity index (χ2n) is 4.63. The van der Waals surface area contributed by atoms with Crippen LogP contribution in [0.25, 0.3) is 0 Å². The van der Waals surface area contributed by atoms with Crippen LogP contribution >= 0.6 is 0 Å². The Bertz CT molecular complexity index is 188. The van der Waals surface area contributed by atoms with Crippen LogP contribution < -0.4 is 11.1 Å². The zero-order chi connectivity index (χ0) is 13.1. The highest BCUT2D eigenvalue weighted by atomic mass is 16.3. The van der Waals surface area contributed by atoms with Gasteiger partial charge in [0.25, 0.3) is 0 Å². The number of nitrogens with one attached hydrogen (secondary N) is 1. The Morgan fingerprint density at radius 2 is 2.00 bits per heavy atom. The molecule has 4 N–H and O–H groups in total. The minimum Gasteiger partial charge on any atom is -0.394 e. The molecule has 102 valence electrons. The topological polar surface area (TPSA) is 75.4 Å². The van der Waals surface area contributed by atoms with Crippen LogP contribution in [0.2, 0.25) is 0 Å². The molecule has 0 aromatic heterocycles. The SMILES string of the molecule is CCCC(CCN)CCC(=O)NC(CC)CO. The molecule has 0 rings (SSSR count). The van der Waals surface area contributed by atoms with Crippen molar-refractivity contribution in [2.75, 3.05) is 13.2 Å². The third-order valence-electron chi connectivity index (χ3n) is 3.13.